The number of hydrogen-bond donors (Lipinski definition) is 1. The Morgan fingerprint density at radius 3 is 2.77 bits per heavy atom. The van der Waals surface area contributed by atoms with Gasteiger partial charge in [-0.2, -0.15) is 20.1 Å². The Morgan fingerprint density at radius 2 is 2.00 bits per heavy atom. The summed E-state index contributed by atoms with van der Waals surface area (Å²) in [7, 11) is 0. The molecule has 0 fully saturated rings. The summed E-state index contributed by atoms with van der Waals surface area (Å²) in [5.41, 5.74) is 2.15. The first kappa shape index (κ1) is 18.4. The maximum atomic E-state index is 12.5. The van der Waals surface area contributed by atoms with Gasteiger partial charge < -0.3 is 10.1 Å². The van der Waals surface area contributed by atoms with Crippen molar-refractivity contribution < 1.29 is 18.3 Å². The highest BCUT2D eigenvalue weighted by molar-refractivity contribution is 7.98. The quantitative estimate of drug-likeness (QED) is 0.510. The van der Waals surface area contributed by atoms with Gasteiger partial charge in [0.2, 0.25) is 0 Å². The zero-order valence-electron chi connectivity index (χ0n) is 13.5. The summed E-state index contributed by atoms with van der Waals surface area (Å²) in [6, 6.07) is 15.3. The fraction of sp³-hybridized carbons (Fsp3) is 0.105. The summed E-state index contributed by atoms with van der Waals surface area (Å²) in [5, 5.41) is 6.95. The number of anilines is 1. The van der Waals surface area contributed by atoms with Crippen molar-refractivity contribution in [2.45, 2.75) is 17.3 Å². The number of ether oxygens (including phenoxy) is 1. The number of carbonyl (C=O) groups is 1. The van der Waals surface area contributed by atoms with Gasteiger partial charge in [-0.3, -0.25) is 4.79 Å². The van der Waals surface area contributed by atoms with E-state index in [9.17, 15) is 13.6 Å². The average molecular weight is 391 g/mol. The maximum Gasteiger partial charge on any atom is 0.387 e. The third-order valence-corrected chi connectivity index (χ3v) is 5.31. The lowest BCUT2D eigenvalue weighted by Gasteiger charge is -2.11. The van der Waals surface area contributed by atoms with Crippen LogP contribution in [-0.2, 0) is 5.75 Å². The predicted molar refractivity (Wildman–Crippen MR) is 101 cm³/mol. The molecule has 0 spiro atoms. The Morgan fingerprint density at radius 1 is 1.15 bits per heavy atom. The lowest BCUT2D eigenvalue weighted by atomic mass is 10.2. The number of para-hydroxylation sites is 1. The van der Waals surface area contributed by atoms with Crippen LogP contribution in [-0.4, -0.2) is 12.5 Å². The van der Waals surface area contributed by atoms with E-state index in [1.807, 2.05) is 29.6 Å². The van der Waals surface area contributed by atoms with Crippen molar-refractivity contribution in [1.82, 2.24) is 0 Å². The summed E-state index contributed by atoms with van der Waals surface area (Å²) in [6.07, 6.45) is 0. The van der Waals surface area contributed by atoms with Gasteiger partial charge in [0, 0.05) is 16.2 Å². The first-order chi connectivity index (χ1) is 12.6. The minimum Gasteiger partial charge on any atom is -0.435 e. The number of alkyl halides is 2. The first-order valence-corrected chi connectivity index (χ1v) is 9.64. The number of thiophene rings is 1. The van der Waals surface area contributed by atoms with Gasteiger partial charge in [-0.15, -0.1) is 11.8 Å². The minimum absolute atomic E-state index is 0.0484. The van der Waals surface area contributed by atoms with Crippen molar-refractivity contribution in [3.63, 3.8) is 0 Å². The molecule has 134 valence electrons. The lowest BCUT2D eigenvalue weighted by Crippen LogP contribution is -2.13. The van der Waals surface area contributed by atoms with Gasteiger partial charge >= 0.3 is 6.61 Å². The van der Waals surface area contributed by atoms with Gasteiger partial charge in [0.05, 0.1) is 5.69 Å². The molecule has 3 aromatic rings. The van der Waals surface area contributed by atoms with Crippen molar-refractivity contribution in [1.29, 1.82) is 0 Å². The second kappa shape index (κ2) is 8.82. The molecule has 3 nitrogen and oxygen atoms in total. The second-order valence-corrected chi connectivity index (χ2v) is 7.07. The summed E-state index contributed by atoms with van der Waals surface area (Å²) in [6.45, 7) is -2.93. The van der Waals surface area contributed by atoms with Crippen LogP contribution >= 0.6 is 23.1 Å². The van der Waals surface area contributed by atoms with E-state index >= 15 is 0 Å². The van der Waals surface area contributed by atoms with Crippen molar-refractivity contribution in [2.24, 2.45) is 0 Å². The fourth-order valence-electron chi connectivity index (χ4n) is 2.24. The Balaban J connectivity index is 1.71. The van der Waals surface area contributed by atoms with E-state index in [0.717, 1.165) is 10.6 Å². The Kier molecular flexibility index (Phi) is 6.25. The second-order valence-electron chi connectivity index (χ2n) is 5.28. The van der Waals surface area contributed by atoms with Gasteiger partial charge in [0.25, 0.3) is 5.91 Å². The number of hydrogen-bond acceptors (Lipinski definition) is 4. The molecular weight excluding hydrogens is 376 g/mol. The van der Waals surface area contributed by atoms with Crippen LogP contribution in [0.5, 0.6) is 5.75 Å². The van der Waals surface area contributed by atoms with Gasteiger partial charge in [-0.25, -0.2) is 0 Å². The smallest absolute Gasteiger partial charge is 0.387 e. The summed E-state index contributed by atoms with van der Waals surface area (Å²) in [4.78, 5) is 13.4. The first-order valence-electron chi connectivity index (χ1n) is 7.71. The molecule has 7 heteroatoms. The van der Waals surface area contributed by atoms with E-state index in [1.54, 1.807) is 29.2 Å². The Labute approximate surface area is 158 Å². The van der Waals surface area contributed by atoms with Crippen molar-refractivity contribution in [3.05, 3.63) is 76.5 Å². The molecule has 0 radical (unpaired) electrons. The summed E-state index contributed by atoms with van der Waals surface area (Å²) in [5.74, 6) is 0.370. The molecule has 0 aliphatic heterocycles. The van der Waals surface area contributed by atoms with E-state index in [0.29, 0.717) is 5.69 Å². The van der Waals surface area contributed by atoms with E-state index in [-0.39, 0.29) is 17.2 Å². The van der Waals surface area contributed by atoms with Gasteiger partial charge in [-0.05, 0) is 52.7 Å². The van der Waals surface area contributed by atoms with Crippen LogP contribution in [0.2, 0.25) is 0 Å². The molecular formula is C19H15F2NO2S2. The van der Waals surface area contributed by atoms with Crippen LogP contribution in [0.1, 0.15) is 15.9 Å². The van der Waals surface area contributed by atoms with E-state index < -0.39 is 6.61 Å². The monoisotopic (exact) mass is 391 g/mol. The number of halogens is 2. The third-order valence-electron chi connectivity index (χ3n) is 3.43. The number of thioether (sulfide) groups is 1. The van der Waals surface area contributed by atoms with Gasteiger partial charge in [0.1, 0.15) is 5.75 Å². The molecule has 1 heterocycles. The number of amides is 1. The highest BCUT2D eigenvalue weighted by Crippen LogP contribution is 2.30. The van der Waals surface area contributed by atoms with E-state index in [4.69, 9.17) is 0 Å². The van der Waals surface area contributed by atoms with Crippen molar-refractivity contribution in [2.75, 3.05) is 5.32 Å². The normalized spacial score (nSPS) is 10.7. The molecule has 0 bridgehead atoms. The van der Waals surface area contributed by atoms with Crippen LogP contribution in [0.3, 0.4) is 0 Å². The predicted octanol–water partition coefficient (Wildman–Crippen LogP) is 5.89. The fourth-order valence-corrected chi connectivity index (χ4v) is 3.96. The molecule has 0 saturated heterocycles. The number of nitrogens with one attached hydrogen (secondary N) is 1. The lowest BCUT2D eigenvalue weighted by molar-refractivity contribution is -0.0498. The SMILES string of the molecule is O=C(Nc1ccccc1SCc1ccsc1)c1cccc(OC(F)F)c1. The van der Waals surface area contributed by atoms with Gasteiger partial charge in [0.15, 0.2) is 0 Å². The minimum atomic E-state index is -2.93. The van der Waals surface area contributed by atoms with Crippen LogP contribution in [0.4, 0.5) is 14.5 Å². The number of benzene rings is 2. The van der Waals surface area contributed by atoms with E-state index in [2.05, 4.69) is 21.5 Å². The highest BCUT2D eigenvalue weighted by atomic mass is 32.2. The molecule has 0 saturated carbocycles. The standard InChI is InChI=1S/C19H15F2NO2S2/c20-19(21)24-15-5-3-4-14(10-15)18(23)22-16-6-1-2-7-17(16)26-12-13-8-9-25-11-13/h1-11,19H,12H2,(H,22,23). The van der Waals surface area contributed by atoms with Crippen LogP contribution in [0, 0.1) is 0 Å². The van der Waals surface area contributed by atoms with E-state index in [1.165, 1.54) is 23.8 Å². The summed E-state index contributed by atoms with van der Waals surface area (Å²) < 4.78 is 29.0. The van der Waals surface area contributed by atoms with Crippen LogP contribution < -0.4 is 10.1 Å². The molecule has 1 aromatic heterocycles. The number of carbonyl (C=O) groups excluding carboxylic acids is 1. The van der Waals surface area contributed by atoms with Crippen molar-refractivity contribution in [3.8, 4) is 5.75 Å². The largest absolute Gasteiger partial charge is 0.435 e. The molecule has 1 N–H and O–H groups in total. The number of rotatable bonds is 7. The van der Waals surface area contributed by atoms with Crippen LogP contribution in [0.25, 0.3) is 0 Å². The molecule has 0 aliphatic rings. The molecule has 1 amide bonds. The third kappa shape index (κ3) is 5.06. The molecule has 2 aromatic carbocycles. The Hall–Kier alpha value is -2.38. The van der Waals surface area contributed by atoms with Crippen molar-refractivity contribution >= 4 is 34.7 Å². The maximum absolute atomic E-state index is 12.5. The zero-order chi connectivity index (χ0) is 18.4. The van der Waals surface area contributed by atoms with Gasteiger partial charge in [-0.1, -0.05) is 18.2 Å². The average Bonchev–Trinajstić information content (AvgIpc) is 3.14. The summed E-state index contributed by atoms with van der Waals surface area (Å²) >= 11 is 3.27. The molecule has 3 rings (SSSR count). The molecule has 0 aliphatic carbocycles. The topological polar surface area (TPSA) is 38.3 Å². The Bertz CT molecular complexity index is 869. The molecule has 0 atom stereocenters. The molecule has 26 heavy (non-hydrogen) atoms. The van der Waals surface area contributed by atoms with Crippen LogP contribution in [0.15, 0.2) is 70.3 Å². The highest BCUT2D eigenvalue weighted by Gasteiger charge is 2.12. The zero-order valence-corrected chi connectivity index (χ0v) is 15.2. The molecule has 0 unspecified atom stereocenters.